The molecular formula is C9H8FNO2. The Bertz CT molecular complexity index is 353. The van der Waals surface area contributed by atoms with Gasteiger partial charge < -0.3 is 5.11 Å². The Balaban J connectivity index is 2.16. The smallest absolute Gasteiger partial charge is 0.307 e. The summed E-state index contributed by atoms with van der Waals surface area (Å²) >= 11 is 0. The van der Waals surface area contributed by atoms with Crippen molar-refractivity contribution in [3.63, 3.8) is 0 Å². The summed E-state index contributed by atoms with van der Waals surface area (Å²) in [6, 6.07) is 4.47. The molecular weight excluding hydrogens is 173 g/mol. The van der Waals surface area contributed by atoms with Crippen LogP contribution in [0.4, 0.5) is 4.39 Å². The molecule has 0 radical (unpaired) electrons. The Kier molecular flexibility index (Phi) is 1.76. The minimum atomic E-state index is -0.823. The first-order valence-corrected chi connectivity index (χ1v) is 4.04. The molecule has 1 saturated carbocycles. The number of carboxylic acid groups (broad SMARTS) is 1. The zero-order valence-electron chi connectivity index (χ0n) is 6.77. The lowest BCUT2D eigenvalue weighted by Crippen LogP contribution is -2.00. The molecule has 4 heteroatoms. The van der Waals surface area contributed by atoms with Crippen molar-refractivity contribution >= 4 is 5.97 Å². The predicted molar refractivity (Wildman–Crippen MR) is 42.7 cm³/mol. The molecule has 1 aliphatic rings. The van der Waals surface area contributed by atoms with E-state index in [9.17, 15) is 9.18 Å². The van der Waals surface area contributed by atoms with Gasteiger partial charge in [0.15, 0.2) is 0 Å². The van der Waals surface area contributed by atoms with E-state index in [4.69, 9.17) is 5.11 Å². The summed E-state index contributed by atoms with van der Waals surface area (Å²) in [4.78, 5) is 14.1. The van der Waals surface area contributed by atoms with Crippen LogP contribution >= 0.6 is 0 Å². The molecule has 2 unspecified atom stereocenters. The summed E-state index contributed by atoms with van der Waals surface area (Å²) in [5.41, 5.74) is 0.549. The van der Waals surface area contributed by atoms with Crippen molar-refractivity contribution < 1.29 is 14.3 Å². The molecule has 68 valence electrons. The zero-order valence-corrected chi connectivity index (χ0v) is 6.77. The standard InChI is InChI=1S/C9H8FNO2/c10-8-3-1-2-7(11-8)5-4-6(5)9(12)13/h1-3,5-6H,4H2,(H,12,13). The maximum Gasteiger partial charge on any atom is 0.307 e. The SMILES string of the molecule is O=C(O)C1CC1c1cccc(F)n1. The van der Waals surface area contributed by atoms with Crippen molar-refractivity contribution in [2.75, 3.05) is 0 Å². The molecule has 2 atom stereocenters. The van der Waals surface area contributed by atoms with Crippen LogP contribution in [0.25, 0.3) is 0 Å². The van der Waals surface area contributed by atoms with Crippen molar-refractivity contribution in [2.24, 2.45) is 5.92 Å². The predicted octanol–water partition coefficient (Wildman–Crippen LogP) is 1.41. The van der Waals surface area contributed by atoms with Gasteiger partial charge in [-0.1, -0.05) is 6.07 Å². The monoisotopic (exact) mass is 181 g/mol. The van der Waals surface area contributed by atoms with Crippen molar-refractivity contribution in [1.82, 2.24) is 4.98 Å². The van der Waals surface area contributed by atoms with E-state index in [1.54, 1.807) is 12.1 Å². The molecule has 0 aliphatic heterocycles. The van der Waals surface area contributed by atoms with Crippen LogP contribution in [0.1, 0.15) is 18.0 Å². The number of nitrogens with zero attached hydrogens (tertiary/aromatic N) is 1. The maximum atomic E-state index is 12.6. The van der Waals surface area contributed by atoms with Crippen LogP contribution in [0, 0.1) is 11.9 Å². The fourth-order valence-corrected chi connectivity index (χ4v) is 1.43. The van der Waals surface area contributed by atoms with Crippen LogP contribution < -0.4 is 0 Å². The first-order valence-electron chi connectivity index (χ1n) is 4.04. The quantitative estimate of drug-likeness (QED) is 0.702. The molecule has 1 aromatic rings. The average Bonchev–Trinajstić information content (AvgIpc) is 2.82. The first kappa shape index (κ1) is 8.16. The van der Waals surface area contributed by atoms with Crippen LogP contribution in [0.5, 0.6) is 0 Å². The molecule has 2 rings (SSSR count). The van der Waals surface area contributed by atoms with Crippen LogP contribution in [-0.2, 0) is 4.79 Å². The summed E-state index contributed by atoms with van der Waals surface area (Å²) in [7, 11) is 0. The lowest BCUT2D eigenvalue weighted by molar-refractivity contribution is -0.138. The number of carboxylic acids is 1. The number of halogens is 1. The molecule has 0 saturated heterocycles. The van der Waals surface area contributed by atoms with Crippen molar-refractivity contribution in [3.8, 4) is 0 Å². The molecule has 13 heavy (non-hydrogen) atoms. The molecule has 0 amide bonds. The third-order valence-electron chi connectivity index (χ3n) is 2.22. The number of aliphatic carboxylic acids is 1. The van der Waals surface area contributed by atoms with Gasteiger partial charge in [-0.2, -0.15) is 4.39 Å². The molecule has 0 aromatic carbocycles. The molecule has 0 bridgehead atoms. The summed E-state index contributed by atoms with van der Waals surface area (Å²) in [6.45, 7) is 0. The van der Waals surface area contributed by atoms with Crippen molar-refractivity contribution in [1.29, 1.82) is 0 Å². The second kappa shape index (κ2) is 2.80. The highest BCUT2D eigenvalue weighted by Gasteiger charge is 2.45. The highest BCUT2D eigenvalue weighted by Crippen LogP contribution is 2.46. The van der Waals surface area contributed by atoms with Crippen LogP contribution in [0.15, 0.2) is 18.2 Å². The van der Waals surface area contributed by atoms with Crippen molar-refractivity contribution in [2.45, 2.75) is 12.3 Å². The summed E-state index contributed by atoms with van der Waals surface area (Å²) in [6.07, 6.45) is 0.575. The average molecular weight is 181 g/mol. The normalized spacial score (nSPS) is 25.6. The number of hydrogen-bond donors (Lipinski definition) is 1. The van der Waals surface area contributed by atoms with Gasteiger partial charge in [-0.3, -0.25) is 4.79 Å². The number of rotatable bonds is 2. The maximum absolute atomic E-state index is 12.6. The first-order chi connectivity index (χ1) is 6.18. The topological polar surface area (TPSA) is 50.2 Å². The molecule has 1 fully saturated rings. The van der Waals surface area contributed by atoms with Crippen LogP contribution in [0.2, 0.25) is 0 Å². The van der Waals surface area contributed by atoms with Gasteiger partial charge in [-0.05, 0) is 18.6 Å². The number of carbonyl (C=O) groups is 1. The Labute approximate surface area is 74.2 Å². The van der Waals surface area contributed by atoms with Gasteiger partial charge in [0.25, 0.3) is 0 Å². The Hall–Kier alpha value is -1.45. The van der Waals surface area contributed by atoms with Gasteiger partial charge >= 0.3 is 5.97 Å². The molecule has 1 aliphatic carbocycles. The molecule has 0 spiro atoms. The molecule has 1 aromatic heterocycles. The summed E-state index contributed by atoms with van der Waals surface area (Å²) in [5, 5.41) is 8.63. The van der Waals surface area contributed by atoms with Gasteiger partial charge in [-0.15, -0.1) is 0 Å². The lowest BCUT2D eigenvalue weighted by atomic mass is 10.2. The fraction of sp³-hybridized carbons (Fsp3) is 0.333. The van der Waals surface area contributed by atoms with Crippen LogP contribution in [0.3, 0.4) is 0 Å². The lowest BCUT2D eigenvalue weighted by Gasteiger charge is -1.96. The molecule has 1 heterocycles. The second-order valence-electron chi connectivity index (χ2n) is 3.17. The number of aromatic nitrogens is 1. The van der Waals surface area contributed by atoms with E-state index < -0.39 is 11.9 Å². The highest BCUT2D eigenvalue weighted by atomic mass is 19.1. The number of hydrogen-bond acceptors (Lipinski definition) is 2. The van der Waals surface area contributed by atoms with E-state index in [0.717, 1.165) is 0 Å². The van der Waals surface area contributed by atoms with E-state index in [1.807, 2.05) is 0 Å². The second-order valence-corrected chi connectivity index (χ2v) is 3.17. The van der Waals surface area contributed by atoms with E-state index in [1.165, 1.54) is 6.07 Å². The third-order valence-corrected chi connectivity index (χ3v) is 2.22. The largest absolute Gasteiger partial charge is 0.481 e. The highest BCUT2D eigenvalue weighted by molar-refractivity contribution is 5.75. The summed E-state index contributed by atoms with van der Waals surface area (Å²) in [5.74, 6) is -1.83. The van der Waals surface area contributed by atoms with Crippen LogP contribution in [-0.4, -0.2) is 16.1 Å². The van der Waals surface area contributed by atoms with E-state index in [2.05, 4.69) is 4.98 Å². The van der Waals surface area contributed by atoms with Gasteiger partial charge in [0.1, 0.15) is 0 Å². The Morgan fingerprint density at radius 2 is 2.38 bits per heavy atom. The van der Waals surface area contributed by atoms with Gasteiger partial charge in [0, 0.05) is 11.6 Å². The third kappa shape index (κ3) is 1.52. The number of pyridine rings is 1. The fourth-order valence-electron chi connectivity index (χ4n) is 1.43. The minimum absolute atomic E-state index is 0.0896. The Morgan fingerprint density at radius 3 is 2.92 bits per heavy atom. The van der Waals surface area contributed by atoms with E-state index in [0.29, 0.717) is 12.1 Å². The van der Waals surface area contributed by atoms with Gasteiger partial charge in [0.2, 0.25) is 5.95 Å². The van der Waals surface area contributed by atoms with Gasteiger partial charge in [0.05, 0.1) is 5.92 Å². The molecule has 1 N–H and O–H groups in total. The van der Waals surface area contributed by atoms with E-state index >= 15 is 0 Å². The zero-order chi connectivity index (χ0) is 9.42. The Morgan fingerprint density at radius 1 is 1.62 bits per heavy atom. The van der Waals surface area contributed by atoms with Crippen molar-refractivity contribution in [3.05, 3.63) is 29.8 Å². The van der Waals surface area contributed by atoms with Gasteiger partial charge in [-0.25, -0.2) is 4.98 Å². The van der Waals surface area contributed by atoms with E-state index in [-0.39, 0.29) is 11.8 Å². The minimum Gasteiger partial charge on any atom is -0.481 e. The summed E-state index contributed by atoms with van der Waals surface area (Å²) < 4.78 is 12.6. The molecule has 3 nitrogen and oxygen atoms in total.